The topological polar surface area (TPSA) is 50.2 Å². The number of aliphatic hydroxyl groups excluding tert-OH is 1. The molecule has 1 unspecified atom stereocenters. The largest absolute Gasteiger partial charge is 0.385 e. The number of aromatic nitrogens is 1. The number of hydrogen-bond donors (Lipinski definition) is 1. The molecule has 2 aromatic rings. The van der Waals surface area contributed by atoms with Gasteiger partial charge in [0.05, 0.1) is 5.52 Å². The third-order valence-electron chi connectivity index (χ3n) is 2.27. The van der Waals surface area contributed by atoms with Gasteiger partial charge in [-0.25, -0.2) is 0 Å². The van der Waals surface area contributed by atoms with E-state index in [0.717, 1.165) is 10.9 Å². The Bertz CT molecular complexity index is 506. The zero-order valence-electron chi connectivity index (χ0n) is 8.34. The number of Topliss-reactive ketones (excluding diaryl/α,β-unsaturated/α-hetero) is 1. The molecule has 0 fully saturated rings. The second-order valence-corrected chi connectivity index (χ2v) is 3.45. The average molecular weight is 201 g/mol. The van der Waals surface area contributed by atoms with Gasteiger partial charge in [-0.1, -0.05) is 6.07 Å². The molecule has 0 aliphatic rings. The molecule has 1 heterocycles. The van der Waals surface area contributed by atoms with Crippen molar-refractivity contribution in [3.63, 3.8) is 0 Å². The van der Waals surface area contributed by atoms with Gasteiger partial charge in [0.2, 0.25) is 0 Å². The molecule has 0 radical (unpaired) electrons. The molecular weight excluding hydrogens is 190 g/mol. The maximum Gasteiger partial charge on any atom is 0.190 e. The molecule has 1 aromatic carbocycles. The fourth-order valence-corrected chi connectivity index (χ4v) is 1.47. The van der Waals surface area contributed by atoms with Crippen molar-refractivity contribution in [1.82, 2.24) is 4.98 Å². The molecular formula is C12H11NO2. The van der Waals surface area contributed by atoms with Gasteiger partial charge in [0, 0.05) is 17.1 Å². The van der Waals surface area contributed by atoms with E-state index in [-0.39, 0.29) is 5.78 Å². The first-order valence-electron chi connectivity index (χ1n) is 4.75. The SMILES string of the molecule is CC(O)C(=O)c1ccc2ncccc2c1. The molecule has 0 saturated carbocycles. The second-order valence-electron chi connectivity index (χ2n) is 3.45. The number of pyridine rings is 1. The lowest BCUT2D eigenvalue weighted by atomic mass is 10.0. The predicted octanol–water partition coefficient (Wildman–Crippen LogP) is 1.80. The molecule has 3 nitrogen and oxygen atoms in total. The van der Waals surface area contributed by atoms with E-state index in [1.165, 1.54) is 6.92 Å². The quantitative estimate of drug-likeness (QED) is 0.754. The van der Waals surface area contributed by atoms with Crippen LogP contribution in [0, 0.1) is 0 Å². The van der Waals surface area contributed by atoms with Crippen molar-refractivity contribution in [2.24, 2.45) is 0 Å². The summed E-state index contributed by atoms with van der Waals surface area (Å²) in [6.07, 6.45) is 0.748. The molecule has 76 valence electrons. The highest BCUT2D eigenvalue weighted by Gasteiger charge is 2.11. The van der Waals surface area contributed by atoms with Crippen LogP contribution in [0.4, 0.5) is 0 Å². The van der Waals surface area contributed by atoms with Crippen LogP contribution in [0.5, 0.6) is 0 Å². The third-order valence-corrected chi connectivity index (χ3v) is 2.27. The van der Waals surface area contributed by atoms with Crippen molar-refractivity contribution in [2.45, 2.75) is 13.0 Å². The van der Waals surface area contributed by atoms with Gasteiger partial charge in [-0.3, -0.25) is 9.78 Å². The van der Waals surface area contributed by atoms with E-state index in [1.54, 1.807) is 24.4 Å². The average Bonchev–Trinajstić information content (AvgIpc) is 2.27. The molecule has 0 saturated heterocycles. The summed E-state index contributed by atoms with van der Waals surface area (Å²) < 4.78 is 0. The van der Waals surface area contributed by atoms with E-state index >= 15 is 0 Å². The molecule has 1 aromatic heterocycles. The summed E-state index contributed by atoms with van der Waals surface area (Å²) in [4.78, 5) is 15.7. The standard InChI is InChI=1S/C12H11NO2/c1-8(14)12(15)10-4-5-11-9(7-10)3-2-6-13-11/h2-8,14H,1H3. The lowest BCUT2D eigenvalue weighted by molar-refractivity contribution is 0.0779. The summed E-state index contributed by atoms with van der Waals surface area (Å²) in [7, 11) is 0. The first-order chi connectivity index (χ1) is 7.18. The lowest BCUT2D eigenvalue weighted by Crippen LogP contribution is -2.15. The maximum absolute atomic E-state index is 11.5. The molecule has 0 aliphatic heterocycles. The molecule has 1 atom stereocenters. The van der Waals surface area contributed by atoms with Crippen molar-refractivity contribution in [3.8, 4) is 0 Å². The molecule has 15 heavy (non-hydrogen) atoms. The van der Waals surface area contributed by atoms with E-state index in [9.17, 15) is 9.90 Å². The Morgan fingerprint density at radius 3 is 2.93 bits per heavy atom. The van der Waals surface area contributed by atoms with E-state index in [4.69, 9.17) is 0 Å². The fraction of sp³-hybridized carbons (Fsp3) is 0.167. The number of hydrogen-bond acceptors (Lipinski definition) is 3. The smallest absolute Gasteiger partial charge is 0.190 e. The van der Waals surface area contributed by atoms with Crippen molar-refractivity contribution in [2.75, 3.05) is 0 Å². The minimum Gasteiger partial charge on any atom is -0.385 e. The van der Waals surface area contributed by atoms with Crippen LogP contribution in [0.25, 0.3) is 10.9 Å². The van der Waals surface area contributed by atoms with Gasteiger partial charge in [-0.2, -0.15) is 0 Å². The zero-order chi connectivity index (χ0) is 10.8. The predicted molar refractivity (Wildman–Crippen MR) is 57.8 cm³/mol. The first-order valence-corrected chi connectivity index (χ1v) is 4.75. The number of nitrogens with zero attached hydrogens (tertiary/aromatic N) is 1. The molecule has 0 aliphatic carbocycles. The van der Waals surface area contributed by atoms with Crippen LogP contribution in [0.15, 0.2) is 36.5 Å². The van der Waals surface area contributed by atoms with Gasteiger partial charge in [0.15, 0.2) is 5.78 Å². The summed E-state index contributed by atoms with van der Waals surface area (Å²) in [6, 6.07) is 8.92. The number of benzene rings is 1. The highest BCUT2D eigenvalue weighted by Crippen LogP contribution is 2.14. The highest BCUT2D eigenvalue weighted by atomic mass is 16.3. The first kappa shape index (κ1) is 9.80. The Labute approximate surface area is 87.4 Å². The van der Waals surface area contributed by atoms with Crippen molar-refractivity contribution in [3.05, 3.63) is 42.1 Å². The van der Waals surface area contributed by atoms with Gasteiger partial charge >= 0.3 is 0 Å². The van der Waals surface area contributed by atoms with Crippen LogP contribution in [-0.4, -0.2) is 22.0 Å². The Morgan fingerprint density at radius 1 is 1.40 bits per heavy atom. The molecule has 1 N–H and O–H groups in total. The van der Waals surface area contributed by atoms with Gasteiger partial charge in [-0.15, -0.1) is 0 Å². The Balaban J connectivity index is 2.52. The Morgan fingerprint density at radius 2 is 2.20 bits per heavy atom. The van der Waals surface area contributed by atoms with Crippen molar-refractivity contribution < 1.29 is 9.90 Å². The third kappa shape index (κ3) is 1.87. The lowest BCUT2D eigenvalue weighted by Gasteiger charge is -2.04. The fourth-order valence-electron chi connectivity index (χ4n) is 1.47. The monoisotopic (exact) mass is 201 g/mol. The summed E-state index contributed by atoms with van der Waals surface area (Å²) in [5, 5.41) is 10.1. The summed E-state index contributed by atoms with van der Waals surface area (Å²) in [5.41, 5.74) is 1.37. The summed E-state index contributed by atoms with van der Waals surface area (Å²) >= 11 is 0. The minimum atomic E-state index is -0.959. The van der Waals surface area contributed by atoms with E-state index in [2.05, 4.69) is 4.98 Å². The molecule has 0 amide bonds. The van der Waals surface area contributed by atoms with Gasteiger partial charge < -0.3 is 5.11 Å². The zero-order valence-corrected chi connectivity index (χ0v) is 8.34. The maximum atomic E-state index is 11.5. The van der Waals surface area contributed by atoms with E-state index in [0.29, 0.717) is 5.56 Å². The van der Waals surface area contributed by atoms with Crippen LogP contribution in [0.1, 0.15) is 17.3 Å². The van der Waals surface area contributed by atoms with Gasteiger partial charge in [-0.05, 0) is 31.2 Å². The van der Waals surface area contributed by atoms with Crippen LogP contribution in [-0.2, 0) is 0 Å². The van der Waals surface area contributed by atoms with Gasteiger partial charge in [0.1, 0.15) is 6.10 Å². The second kappa shape index (κ2) is 3.79. The number of carbonyl (C=O) groups is 1. The van der Waals surface area contributed by atoms with Crippen LogP contribution in [0.2, 0.25) is 0 Å². The van der Waals surface area contributed by atoms with Crippen molar-refractivity contribution in [1.29, 1.82) is 0 Å². The molecule has 2 rings (SSSR count). The van der Waals surface area contributed by atoms with E-state index < -0.39 is 6.10 Å². The minimum absolute atomic E-state index is 0.263. The Kier molecular flexibility index (Phi) is 2.47. The number of fused-ring (bicyclic) bond motifs is 1. The molecule has 0 bridgehead atoms. The van der Waals surface area contributed by atoms with Crippen molar-refractivity contribution >= 4 is 16.7 Å². The van der Waals surface area contributed by atoms with Crippen LogP contribution >= 0.6 is 0 Å². The number of aliphatic hydroxyl groups is 1. The number of carbonyl (C=O) groups excluding carboxylic acids is 1. The highest BCUT2D eigenvalue weighted by molar-refractivity contribution is 6.01. The van der Waals surface area contributed by atoms with E-state index in [1.807, 2.05) is 12.1 Å². The number of ketones is 1. The summed E-state index contributed by atoms with van der Waals surface area (Å²) in [6.45, 7) is 1.47. The van der Waals surface area contributed by atoms with Crippen LogP contribution in [0.3, 0.4) is 0 Å². The Hall–Kier alpha value is -1.74. The van der Waals surface area contributed by atoms with Crippen LogP contribution < -0.4 is 0 Å². The molecule has 0 spiro atoms. The van der Waals surface area contributed by atoms with Gasteiger partial charge in [0.25, 0.3) is 0 Å². The number of rotatable bonds is 2. The normalized spacial score (nSPS) is 12.7. The molecule has 3 heteroatoms. The summed E-state index contributed by atoms with van der Waals surface area (Å²) in [5.74, 6) is -0.263.